The molecule has 30 heavy (non-hydrogen) atoms. The van der Waals surface area contributed by atoms with Crippen molar-refractivity contribution in [3.8, 4) is 0 Å². The number of carbonyl (C=O) groups is 2. The highest BCUT2D eigenvalue weighted by molar-refractivity contribution is 5.95. The number of amides is 2. The van der Waals surface area contributed by atoms with Gasteiger partial charge in [0, 0.05) is 37.6 Å². The maximum absolute atomic E-state index is 13.1. The van der Waals surface area contributed by atoms with E-state index in [1.165, 1.54) is 0 Å². The number of hydrogen-bond donors (Lipinski definition) is 0. The molecule has 4 heterocycles. The second kappa shape index (κ2) is 7.78. The van der Waals surface area contributed by atoms with Crippen LogP contribution in [0.3, 0.4) is 0 Å². The van der Waals surface area contributed by atoms with Crippen LogP contribution in [0.4, 0.5) is 0 Å². The lowest BCUT2D eigenvalue weighted by Gasteiger charge is -2.27. The Labute approximate surface area is 174 Å². The topological polar surface area (TPSA) is 76.3 Å². The van der Waals surface area contributed by atoms with Gasteiger partial charge in [0.05, 0.1) is 25.3 Å². The Bertz CT molecular complexity index is 1070. The number of likely N-dealkylation sites (tertiary alicyclic amines) is 1. The van der Waals surface area contributed by atoms with E-state index in [1.807, 2.05) is 61.8 Å². The van der Waals surface area contributed by atoms with Crippen molar-refractivity contribution >= 4 is 11.8 Å². The Kier molecular flexibility index (Phi) is 4.82. The summed E-state index contributed by atoms with van der Waals surface area (Å²) in [6, 6.07) is 11.4. The lowest BCUT2D eigenvalue weighted by atomic mass is 10.1. The minimum atomic E-state index is -0.00261. The van der Waals surface area contributed by atoms with Crippen LogP contribution in [0.5, 0.6) is 0 Å². The van der Waals surface area contributed by atoms with E-state index < -0.39 is 0 Å². The minimum Gasteiger partial charge on any atom is -0.337 e. The number of fused-ring (bicyclic) bond motifs is 1. The van der Waals surface area contributed by atoms with E-state index in [1.54, 1.807) is 6.20 Å². The molecule has 0 N–H and O–H groups in total. The Morgan fingerprint density at radius 2 is 1.80 bits per heavy atom. The summed E-state index contributed by atoms with van der Waals surface area (Å²) in [6.07, 6.45) is 5.76. The Hall–Kier alpha value is -3.42. The van der Waals surface area contributed by atoms with Gasteiger partial charge in [0.25, 0.3) is 11.8 Å². The molecule has 0 aliphatic carbocycles. The van der Waals surface area contributed by atoms with Gasteiger partial charge < -0.3 is 9.80 Å². The van der Waals surface area contributed by atoms with Crippen molar-refractivity contribution in [1.82, 2.24) is 29.4 Å². The first-order chi connectivity index (χ1) is 14.7. The van der Waals surface area contributed by atoms with Gasteiger partial charge in [-0.3, -0.25) is 19.0 Å². The first-order valence-electron chi connectivity index (χ1n) is 10.4. The van der Waals surface area contributed by atoms with Crippen molar-refractivity contribution in [3.63, 3.8) is 0 Å². The molecule has 0 saturated carbocycles. The van der Waals surface area contributed by atoms with E-state index in [0.717, 1.165) is 37.2 Å². The van der Waals surface area contributed by atoms with E-state index in [9.17, 15) is 9.59 Å². The summed E-state index contributed by atoms with van der Waals surface area (Å²) in [5, 5.41) is 8.72. The van der Waals surface area contributed by atoms with Gasteiger partial charge in [-0.05, 0) is 42.7 Å². The lowest BCUT2D eigenvalue weighted by molar-refractivity contribution is 0.0703. The first-order valence-corrected chi connectivity index (χ1v) is 10.4. The van der Waals surface area contributed by atoms with Crippen LogP contribution in [0.2, 0.25) is 0 Å². The lowest BCUT2D eigenvalue weighted by Crippen LogP contribution is -2.38. The number of nitrogens with zero attached hydrogens (tertiary/aromatic N) is 6. The monoisotopic (exact) mass is 404 g/mol. The highest BCUT2D eigenvalue weighted by atomic mass is 16.2. The molecule has 2 aliphatic heterocycles. The summed E-state index contributed by atoms with van der Waals surface area (Å²) in [5.74, 6) is -0.00390. The van der Waals surface area contributed by atoms with E-state index in [2.05, 4.69) is 10.2 Å². The van der Waals surface area contributed by atoms with Crippen molar-refractivity contribution in [3.05, 3.63) is 71.3 Å². The summed E-state index contributed by atoms with van der Waals surface area (Å²) in [7, 11) is 0. The first kappa shape index (κ1) is 18.6. The summed E-state index contributed by atoms with van der Waals surface area (Å²) in [6.45, 7) is 3.88. The van der Waals surface area contributed by atoms with E-state index in [-0.39, 0.29) is 11.8 Å². The zero-order valence-electron chi connectivity index (χ0n) is 16.8. The molecule has 5 rings (SSSR count). The molecule has 1 fully saturated rings. The maximum Gasteiger partial charge on any atom is 0.274 e. The normalized spacial score (nSPS) is 16.0. The molecule has 0 bridgehead atoms. The Morgan fingerprint density at radius 1 is 0.933 bits per heavy atom. The zero-order valence-corrected chi connectivity index (χ0v) is 16.8. The van der Waals surface area contributed by atoms with E-state index >= 15 is 0 Å². The standard InChI is InChI=1S/C22H24N6O2/c29-21(18-6-3-5-17(13-18)15-27-10-4-7-23-27)26-11-12-28-19(16-26)14-20(24-28)22(30)25-8-1-2-9-25/h3-7,10,13-14H,1-2,8-9,11-12,15-16H2. The van der Waals surface area contributed by atoms with Gasteiger partial charge in [0.1, 0.15) is 0 Å². The van der Waals surface area contributed by atoms with E-state index in [0.29, 0.717) is 37.4 Å². The maximum atomic E-state index is 13.1. The van der Waals surface area contributed by atoms with Crippen molar-refractivity contribution in [2.75, 3.05) is 19.6 Å². The average molecular weight is 404 g/mol. The number of aromatic nitrogens is 4. The fraction of sp³-hybridized carbons (Fsp3) is 0.364. The second-order valence-electron chi connectivity index (χ2n) is 7.87. The predicted octanol–water partition coefficient (Wildman–Crippen LogP) is 2.02. The molecule has 3 aromatic rings. The third-order valence-corrected chi connectivity index (χ3v) is 5.78. The number of rotatable bonds is 4. The summed E-state index contributed by atoms with van der Waals surface area (Å²) in [4.78, 5) is 29.4. The van der Waals surface area contributed by atoms with Gasteiger partial charge in [-0.25, -0.2) is 0 Å². The van der Waals surface area contributed by atoms with Gasteiger partial charge in [-0.15, -0.1) is 0 Å². The third-order valence-electron chi connectivity index (χ3n) is 5.78. The van der Waals surface area contributed by atoms with Crippen LogP contribution >= 0.6 is 0 Å². The molecule has 1 aromatic carbocycles. The van der Waals surface area contributed by atoms with Gasteiger partial charge in [0.15, 0.2) is 5.69 Å². The van der Waals surface area contributed by atoms with Crippen LogP contribution in [0, 0.1) is 0 Å². The SMILES string of the molecule is O=C(c1cccc(Cn2cccn2)c1)N1CCn2nc(C(=O)N3CCCC3)cc2C1. The molecule has 8 nitrogen and oxygen atoms in total. The van der Waals surface area contributed by atoms with Crippen molar-refractivity contribution in [1.29, 1.82) is 0 Å². The highest BCUT2D eigenvalue weighted by Gasteiger charge is 2.27. The fourth-order valence-corrected chi connectivity index (χ4v) is 4.19. The summed E-state index contributed by atoms with van der Waals surface area (Å²) < 4.78 is 3.70. The molecule has 154 valence electrons. The minimum absolute atomic E-state index is 0.00130. The molecule has 0 unspecified atom stereocenters. The Morgan fingerprint density at radius 3 is 2.60 bits per heavy atom. The molecule has 2 aliphatic rings. The van der Waals surface area contributed by atoms with Gasteiger partial charge in [-0.1, -0.05) is 12.1 Å². The molecular formula is C22H24N6O2. The molecule has 2 aromatic heterocycles. The van der Waals surface area contributed by atoms with E-state index in [4.69, 9.17) is 0 Å². The zero-order chi connectivity index (χ0) is 20.5. The molecule has 0 spiro atoms. The Balaban J connectivity index is 1.30. The molecule has 2 amide bonds. The van der Waals surface area contributed by atoms with Gasteiger partial charge in [-0.2, -0.15) is 10.2 Å². The molecule has 0 atom stereocenters. The van der Waals surface area contributed by atoms with Gasteiger partial charge in [0.2, 0.25) is 0 Å². The predicted molar refractivity (Wildman–Crippen MR) is 110 cm³/mol. The highest BCUT2D eigenvalue weighted by Crippen LogP contribution is 2.19. The van der Waals surface area contributed by atoms with Gasteiger partial charge >= 0.3 is 0 Å². The van der Waals surface area contributed by atoms with Crippen molar-refractivity contribution in [2.24, 2.45) is 0 Å². The molecule has 8 heteroatoms. The third kappa shape index (κ3) is 3.60. The smallest absolute Gasteiger partial charge is 0.274 e. The fourth-order valence-electron chi connectivity index (χ4n) is 4.19. The molecular weight excluding hydrogens is 380 g/mol. The summed E-state index contributed by atoms with van der Waals surface area (Å²) >= 11 is 0. The van der Waals surface area contributed by atoms with Crippen LogP contribution in [0.1, 0.15) is 44.9 Å². The van der Waals surface area contributed by atoms with Crippen LogP contribution in [-0.4, -0.2) is 60.8 Å². The van der Waals surface area contributed by atoms with Crippen molar-refractivity contribution in [2.45, 2.75) is 32.5 Å². The van der Waals surface area contributed by atoms with Crippen molar-refractivity contribution < 1.29 is 9.59 Å². The number of benzene rings is 1. The average Bonchev–Trinajstić information content (AvgIpc) is 3.54. The van der Waals surface area contributed by atoms with Crippen LogP contribution in [-0.2, 0) is 19.6 Å². The molecule has 0 radical (unpaired) electrons. The second-order valence-corrected chi connectivity index (χ2v) is 7.87. The number of carbonyl (C=O) groups excluding carboxylic acids is 2. The van der Waals surface area contributed by atoms with Crippen LogP contribution < -0.4 is 0 Å². The van der Waals surface area contributed by atoms with Crippen LogP contribution in [0.25, 0.3) is 0 Å². The number of hydrogen-bond acceptors (Lipinski definition) is 4. The molecule has 1 saturated heterocycles. The largest absolute Gasteiger partial charge is 0.337 e. The summed E-state index contributed by atoms with van der Waals surface area (Å²) in [5.41, 5.74) is 3.10. The van der Waals surface area contributed by atoms with Crippen LogP contribution in [0.15, 0.2) is 48.8 Å². The quantitative estimate of drug-likeness (QED) is 0.667.